The van der Waals surface area contributed by atoms with E-state index >= 15 is 0 Å². The molecule has 166 valence electrons. The van der Waals surface area contributed by atoms with Crippen molar-refractivity contribution in [3.8, 4) is 22.5 Å². The predicted octanol–water partition coefficient (Wildman–Crippen LogP) is 5.07. The predicted molar refractivity (Wildman–Crippen MR) is 129 cm³/mol. The van der Waals surface area contributed by atoms with Crippen LogP contribution < -0.4 is 0 Å². The molecule has 0 spiro atoms. The summed E-state index contributed by atoms with van der Waals surface area (Å²) in [6.45, 7) is 2.37. The van der Waals surface area contributed by atoms with Gasteiger partial charge in [-0.15, -0.1) is 0 Å². The topological polar surface area (TPSA) is 63.9 Å². The molecule has 6 rings (SSSR count). The van der Waals surface area contributed by atoms with Gasteiger partial charge in [-0.1, -0.05) is 66.2 Å². The molecule has 1 aliphatic carbocycles. The summed E-state index contributed by atoms with van der Waals surface area (Å²) in [4.78, 5) is 28.0. The van der Waals surface area contributed by atoms with E-state index in [0.717, 1.165) is 61.5 Å². The Kier molecular flexibility index (Phi) is 5.10. The van der Waals surface area contributed by atoms with Crippen molar-refractivity contribution < 1.29 is 4.79 Å². The van der Waals surface area contributed by atoms with E-state index in [1.165, 1.54) is 11.9 Å². The van der Waals surface area contributed by atoms with Crippen molar-refractivity contribution >= 4 is 28.7 Å². The zero-order valence-electron chi connectivity index (χ0n) is 18.2. The van der Waals surface area contributed by atoms with Gasteiger partial charge in [-0.05, 0) is 36.3 Å². The van der Waals surface area contributed by atoms with E-state index in [4.69, 9.17) is 16.6 Å². The van der Waals surface area contributed by atoms with Crippen LogP contribution in [0.15, 0.2) is 60.9 Å². The summed E-state index contributed by atoms with van der Waals surface area (Å²) in [7, 11) is 0. The molecule has 7 heteroatoms. The third-order valence-electron chi connectivity index (χ3n) is 6.70. The lowest BCUT2D eigenvalue weighted by molar-refractivity contribution is -0.131. The second-order valence-corrected chi connectivity index (χ2v) is 9.40. The first-order valence-corrected chi connectivity index (χ1v) is 11.9. The molecule has 3 heterocycles. The number of nitrogens with zero attached hydrogens (tertiary/aromatic N) is 5. The Balaban J connectivity index is 1.33. The Morgan fingerprint density at radius 3 is 2.42 bits per heavy atom. The number of halogens is 1. The summed E-state index contributed by atoms with van der Waals surface area (Å²) < 4.78 is 2.15. The highest BCUT2D eigenvalue weighted by molar-refractivity contribution is 6.33. The Bertz CT molecular complexity index is 1310. The minimum absolute atomic E-state index is 0.267. The maximum atomic E-state index is 12.5. The minimum Gasteiger partial charge on any atom is -0.342 e. The number of likely N-dealkylation sites (tertiary alicyclic amines) is 1. The SMILES string of the molecule is O=C(C1CC1)N1CC[C@@H](Cn2c(-c3ccc(-c4ccccc4)cc3)nc3c(Cl)ncnc32)C1. The highest BCUT2D eigenvalue weighted by Gasteiger charge is 2.37. The molecule has 0 N–H and O–H groups in total. The molecule has 0 radical (unpaired) electrons. The molecule has 2 aromatic heterocycles. The number of carbonyl (C=O) groups excluding carboxylic acids is 1. The van der Waals surface area contributed by atoms with Crippen LogP contribution in [0.25, 0.3) is 33.7 Å². The van der Waals surface area contributed by atoms with Crippen molar-refractivity contribution in [1.82, 2.24) is 24.4 Å². The lowest BCUT2D eigenvalue weighted by Crippen LogP contribution is -2.30. The van der Waals surface area contributed by atoms with Gasteiger partial charge in [0.15, 0.2) is 10.8 Å². The number of fused-ring (bicyclic) bond motifs is 1. The standard InChI is InChI=1S/C26H24ClN5O/c27-23-22-25(29-16-28-23)32(15-17-12-13-31(14-17)26(33)21-10-11-21)24(30-22)20-8-6-19(7-9-20)18-4-2-1-3-5-18/h1-9,16-17,21H,10-15H2/t17-/m1/s1. The van der Waals surface area contributed by atoms with E-state index in [0.29, 0.717) is 22.5 Å². The molecule has 0 unspecified atom stereocenters. The smallest absolute Gasteiger partial charge is 0.225 e. The molecule has 4 aromatic rings. The van der Waals surface area contributed by atoms with Crippen LogP contribution in [0.4, 0.5) is 0 Å². The Morgan fingerprint density at radius 1 is 0.939 bits per heavy atom. The maximum absolute atomic E-state index is 12.5. The Hall–Kier alpha value is -3.25. The first-order valence-electron chi connectivity index (χ1n) is 11.5. The summed E-state index contributed by atoms with van der Waals surface area (Å²) in [5.74, 6) is 1.79. The maximum Gasteiger partial charge on any atom is 0.225 e. The molecule has 1 aliphatic heterocycles. The van der Waals surface area contributed by atoms with Crippen LogP contribution >= 0.6 is 11.6 Å². The van der Waals surface area contributed by atoms with Crippen molar-refractivity contribution in [2.24, 2.45) is 11.8 Å². The third-order valence-corrected chi connectivity index (χ3v) is 6.98. The van der Waals surface area contributed by atoms with Crippen molar-refractivity contribution in [3.63, 3.8) is 0 Å². The highest BCUT2D eigenvalue weighted by Crippen LogP contribution is 2.34. The van der Waals surface area contributed by atoms with Crippen molar-refractivity contribution in [2.75, 3.05) is 13.1 Å². The van der Waals surface area contributed by atoms with Crippen LogP contribution in [-0.4, -0.2) is 43.4 Å². The zero-order valence-corrected chi connectivity index (χ0v) is 18.9. The van der Waals surface area contributed by atoms with E-state index in [1.807, 2.05) is 23.1 Å². The van der Waals surface area contributed by atoms with Crippen LogP contribution in [0.1, 0.15) is 19.3 Å². The van der Waals surface area contributed by atoms with Gasteiger partial charge in [0.2, 0.25) is 5.91 Å². The third kappa shape index (κ3) is 3.89. The molecule has 33 heavy (non-hydrogen) atoms. The summed E-state index contributed by atoms with van der Waals surface area (Å²) in [6, 6.07) is 18.7. The number of amides is 1. The molecular weight excluding hydrogens is 434 g/mol. The van der Waals surface area contributed by atoms with Gasteiger partial charge in [-0.2, -0.15) is 0 Å². The molecular formula is C26H24ClN5O. The van der Waals surface area contributed by atoms with E-state index in [-0.39, 0.29) is 5.92 Å². The monoisotopic (exact) mass is 457 g/mol. The highest BCUT2D eigenvalue weighted by atomic mass is 35.5. The van der Waals surface area contributed by atoms with E-state index < -0.39 is 0 Å². The molecule has 1 saturated carbocycles. The lowest BCUT2D eigenvalue weighted by Gasteiger charge is -2.17. The number of benzene rings is 2. The summed E-state index contributed by atoms with van der Waals surface area (Å²) >= 11 is 6.38. The number of hydrogen-bond acceptors (Lipinski definition) is 4. The summed E-state index contributed by atoms with van der Waals surface area (Å²) in [5, 5.41) is 0.359. The number of aromatic nitrogens is 4. The van der Waals surface area contributed by atoms with E-state index in [9.17, 15) is 4.79 Å². The van der Waals surface area contributed by atoms with E-state index in [2.05, 4.69) is 50.9 Å². The van der Waals surface area contributed by atoms with Gasteiger partial charge in [-0.3, -0.25) is 4.79 Å². The lowest BCUT2D eigenvalue weighted by atomic mass is 10.0. The molecule has 2 fully saturated rings. The van der Waals surface area contributed by atoms with Gasteiger partial charge < -0.3 is 9.47 Å². The van der Waals surface area contributed by atoms with Gasteiger partial charge in [0.05, 0.1) is 0 Å². The van der Waals surface area contributed by atoms with Crippen LogP contribution in [0.3, 0.4) is 0 Å². The fourth-order valence-electron chi connectivity index (χ4n) is 4.77. The molecule has 2 aliphatic rings. The van der Waals surface area contributed by atoms with Crippen LogP contribution in [0, 0.1) is 11.8 Å². The van der Waals surface area contributed by atoms with Crippen molar-refractivity contribution in [2.45, 2.75) is 25.8 Å². The summed E-state index contributed by atoms with van der Waals surface area (Å²) in [6.07, 6.45) is 4.57. The van der Waals surface area contributed by atoms with Crippen LogP contribution in [0.2, 0.25) is 5.15 Å². The normalized spacial score (nSPS) is 18.2. The van der Waals surface area contributed by atoms with Gasteiger partial charge >= 0.3 is 0 Å². The van der Waals surface area contributed by atoms with Gasteiger partial charge in [0.25, 0.3) is 0 Å². The number of hydrogen-bond donors (Lipinski definition) is 0. The van der Waals surface area contributed by atoms with Gasteiger partial charge in [-0.25, -0.2) is 15.0 Å². The largest absolute Gasteiger partial charge is 0.342 e. The number of rotatable bonds is 5. The molecule has 6 nitrogen and oxygen atoms in total. The Morgan fingerprint density at radius 2 is 1.67 bits per heavy atom. The zero-order chi connectivity index (χ0) is 22.4. The summed E-state index contributed by atoms with van der Waals surface area (Å²) in [5.41, 5.74) is 4.70. The molecule has 2 aromatic carbocycles. The fraction of sp³-hybridized carbons (Fsp3) is 0.308. The average molecular weight is 458 g/mol. The van der Waals surface area contributed by atoms with Crippen molar-refractivity contribution in [3.05, 3.63) is 66.1 Å². The Labute approximate surface area is 197 Å². The first kappa shape index (κ1) is 20.4. The first-order chi connectivity index (χ1) is 16.2. The molecule has 1 atom stereocenters. The molecule has 0 bridgehead atoms. The number of carbonyl (C=O) groups is 1. The van der Waals surface area contributed by atoms with Crippen LogP contribution in [0.5, 0.6) is 0 Å². The second-order valence-electron chi connectivity index (χ2n) is 9.04. The number of imidazole rings is 1. The molecule has 1 amide bonds. The second kappa shape index (κ2) is 8.27. The fourth-order valence-corrected chi connectivity index (χ4v) is 4.94. The molecule has 1 saturated heterocycles. The van der Waals surface area contributed by atoms with Gasteiger partial charge in [0.1, 0.15) is 17.7 Å². The minimum atomic E-state index is 0.267. The van der Waals surface area contributed by atoms with Crippen molar-refractivity contribution in [1.29, 1.82) is 0 Å². The quantitative estimate of drug-likeness (QED) is 0.392. The van der Waals surface area contributed by atoms with Crippen LogP contribution in [-0.2, 0) is 11.3 Å². The van der Waals surface area contributed by atoms with E-state index in [1.54, 1.807) is 0 Å². The van der Waals surface area contributed by atoms with Gasteiger partial charge in [0, 0.05) is 31.1 Å². The average Bonchev–Trinajstić information content (AvgIpc) is 3.49.